The number of Topliss-reactive ketones (excluding diaryl/α,β-unsaturated/α-hetero) is 3. The van der Waals surface area contributed by atoms with E-state index in [1.165, 1.54) is 289 Å². The molecule has 0 atom stereocenters. The molecular weight excluding hydrogens is 1380 g/mol. The number of carbonyl (C=O) groups is 3. The molecule has 0 aromatic rings. The van der Waals surface area contributed by atoms with Gasteiger partial charge in [-0.25, -0.2) is 0 Å². The maximum Gasteiger partial charge on any atom is 0.151 e. The molecule has 6 spiro atoms. The Morgan fingerprint density at radius 1 is 0.235 bits per heavy atom. The van der Waals surface area contributed by atoms with E-state index in [1.54, 1.807) is 0 Å². The Morgan fingerprint density at radius 3 is 0.608 bits per heavy atom. The Morgan fingerprint density at radius 2 is 0.422 bits per heavy atom. The number of ketones is 3. The fourth-order valence-electron chi connectivity index (χ4n) is 29.2. The smallest absolute Gasteiger partial charge is 0.151 e. The minimum atomic E-state index is -0.830. The van der Waals surface area contributed by atoms with Crippen LogP contribution in [-0.4, -0.2) is 30.3 Å². The summed E-state index contributed by atoms with van der Waals surface area (Å²) in [5, 5.41) is 0. The van der Waals surface area contributed by atoms with Crippen molar-refractivity contribution in [2.24, 2.45) is 139 Å². The summed E-state index contributed by atoms with van der Waals surface area (Å²) in [4.78, 5) is 41.8. The van der Waals surface area contributed by atoms with Crippen LogP contribution < -0.4 is 0 Å². The molecule has 15 fully saturated rings. The summed E-state index contributed by atoms with van der Waals surface area (Å²) in [7, 11) is 0. The van der Waals surface area contributed by atoms with Crippen LogP contribution in [-0.2, 0) is 14.4 Å². The Kier molecular flexibility index (Phi) is 26.8. The molecular formula is C93H150Cl6O3. The van der Waals surface area contributed by atoms with Gasteiger partial charge in [0.05, 0.1) is 32.5 Å². The van der Waals surface area contributed by atoms with Crippen molar-refractivity contribution >= 4 is 87.0 Å². The lowest BCUT2D eigenvalue weighted by Gasteiger charge is -2.67. The molecule has 0 radical (unpaired) electrons. The first kappa shape index (κ1) is 80.8. The van der Waals surface area contributed by atoms with Crippen LogP contribution in [0.5, 0.6) is 0 Å². The van der Waals surface area contributed by atoms with E-state index in [9.17, 15) is 14.4 Å². The third kappa shape index (κ3) is 14.7. The highest BCUT2D eigenvalue weighted by atomic mass is 35.5. The number of halogens is 6. The third-order valence-electron chi connectivity index (χ3n) is 36.7. The summed E-state index contributed by atoms with van der Waals surface area (Å²) in [6.45, 7) is 14.1. The zero-order chi connectivity index (χ0) is 71.9. The van der Waals surface area contributed by atoms with Gasteiger partial charge in [0.2, 0.25) is 0 Å². The van der Waals surface area contributed by atoms with Crippen molar-refractivity contribution in [3.05, 3.63) is 0 Å². The molecule has 0 bridgehead atoms. The molecule has 582 valence electrons. The molecule has 0 N–H and O–H groups in total. The molecule has 15 rings (SSSR count). The Balaban J connectivity index is 0.000000137. The van der Waals surface area contributed by atoms with E-state index in [0.717, 1.165) is 184 Å². The second-order valence-corrected chi connectivity index (χ2v) is 44.6. The SMILES string of the molecule is CCC1CCC(C2CCC3(CC2)C(=O)C2(CCC(C4CCC(C)CC4)CC2)C3(Cl)Cl)CC1.CCCC1CCC(C2CCC3(CC2)C(=O)C2(CCC(C4CCC(CC)CC4)CC2)C3(Cl)Cl)CC1.CCCCCC1CCC(C2CCC3(CC2)C(=O)C2(CCC(C4CCC(CC)CC4)CC2)C3(Cl)Cl)CC1. The van der Waals surface area contributed by atoms with Gasteiger partial charge < -0.3 is 0 Å². The van der Waals surface area contributed by atoms with Crippen LogP contribution in [0.4, 0.5) is 0 Å². The minimum Gasteiger partial charge on any atom is -0.298 e. The number of unbranched alkanes of at least 4 members (excludes halogenated alkanes) is 2. The zero-order valence-electron chi connectivity index (χ0n) is 66.2. The quantitative estimate of drug-likeness (QED) is 0.121. The third-order valence-corrected chi connectivity index (χ3v) is 41.0. The van der Waals surface area contributed by atoms with Crippen LogP contribution in [0.2, 0.25) is 0 Å². The molecule has 0 heterocycles. The van der Waals surface area contributed by atoms with E-state index in [0.29, 0.717) is 17.3 Å². The number of rotatable bonds is 15. The molecule has 102 heavy (non-hydrogen) atoms. The zero-order valence-corrected chi connectivity index (χ0v) is 70.7. The van der Waals surface area contributed by atoms with Crippen molar-refractivity contribution in [3.63, 3.8) is 0 Å². The van der Waals surface area contributed by atoms with Crippen molar-refractivity contribution in [2.75, 3.05) is 0 Å². The average molecular weight is 1530 g/mol. The molecule has 15 saturated carbocycles. The molecule has 0 saturated heterocycles. The molecule has 15 aliphatic rings. The number of carbonyl (C=O) groups excluding carboxylic acids is 3. The van der Waals surface area contributed by atoms with Gasteiger partial charge in [-0.2, -0.15) is 0 Å². The second kappa shape index (κ2) is 33.8. The maximum absolute atomic E-state index is 14.0. The maximum atomic E-state index is 14.0. The fraction of sp³-hybridized carbons (Fsp3) is 0.968. The highest BCUT2D eigenvalue weighted by Gasteiger charge is 2.82. The summed E-state index contributed by atoms with van der Waals surface area (Å²) in [5.74, 6) is 17.3. The van der Waals surface area contributed by atoms with Gasteiger partial charge in [0.15, 0.2) is 17.3 Å². The Labute approximate surface area is 656 Å². The number of hydrogen-bond donors (Lipinski definition) is 0. The summed E-state index contributed by atoms with van der Waals surface area (Å²) in [6.07, 6.45) is 71.8. The van der Waals surface area contributed by atoms with Gasteiger partial charge in [-0.3, -0.25) is 14.4 Å². The molecule has 0 aromatic heterocycles. The van der Waals surface area contributed by atoms with Gasteiger partial charge in [-0.1, -0.05) is 246 Å². The first-order valence-electron chi connectivity index (χ1n) is 45.8. The molecule has 0 aliphatic heterocycles. The summed E-state index contributed by atoms with van der Waals surface area (Å²) in [5.41, 5.74) is -2.59. The van der Waals surface area contributed by atoms with E-state index >= 15 is 0 Å². The molecule has 3 nitrogen and oxygen atoms in total. The first-order valence-corrected chi connectivity index (χ1v) is 48.1. The van der Waals surface area contributed by atoms with Crippen LogP contribution >= 0.6 is 69.6 Å². The van der Waals surface area contributed by atoms with Crippen LogP contribution in [0.25, 0.3) is 0 Å². The lowest BCUT2D eigenvalue weighted by Crippen LogP contribution is -2.74. The van der Waals surface area contributed by atoms with Crippen molar-refractivity contribution in [3.8, 4) is 0 Å². The normalized spacial score (nSPS) is 47.0. The Bertz CT molecular complexity index is 2670. The van der Waals surface area contributed by atoms with Crippen LogP contribution in [0.15, 0.2) is 0 Å². The molecule has 15 aliphatic carbocycles. The van der Waals surface area contributed by atoms with Crippen molar-refractivity contribution in [2.45, 2.75) is 421 Å². The van der Waals surface area contributed by atoms with E-state index < -0.39 is 45.5 Å². The van der Waals surface area contributed by atoms with Gasteiger partial charge in [-0.05, 0) is 338 Å². The highest BCUT2D eigenvalue weighted by molar-refractivity contribution is 6.56. The van der Waals surface area contributed by atoms with Gasteiger partial charge in [0.25, 0.3) is 0 Å². The summed E-state index contributed by atoms with van der Waals surface area (Å²) in [6, 6.07) is 0. The average Bonchev–Trinajstić information content (AvgIpc) is 0.678. The van der Waals surface area contributed by atoms with Crippen molar-refractivity contribution in [1.29, 1.82) is 0 Å². The lowest BCUT2D eigenvalue weighted by molar-refractivity contribution is -0.174. The summed E-state index contributed by atoms with van der Waals surface area (Å²) >= 11 is 43.6. The van der Waals surface area contributed by atoms with Gasteiger partial charge in [0.1, 0.15) is 13.0 Å². The van der Waals surface area contributed by atoms with Crippen LogP contribution in [0.1, 0.15) is 408 Å². The molecule has 0 amide bonds. The molecule has 0 unspecified atom stereocenters. The fourth-order valence-corrected chi connectivity index (χ4v) is 32.5. The van der Waals surface area contributed by atoms with E-state index in [-0.39, 0.29) is 0 Å². The first-order chi connectivity index (χ1) is 49.1. The largest absolute Gasteiger partial charge is 0.298 e. The highest BCUT2D eigenvalue weighted by Crippen LogP contribution is 2.78. The molecule has 0 aromatic carbocycles. The van der Waals surface area contributed by atoms with Gasteiger partial charge >= 0.3 is 0 Å². The lowest BCUT2D eigenvalue weighted by atomic mass is 9.41. The van der Waals surface area contributed by atoms with Crippen LogP contribution in [0.3, 0.4) is 0 Å². The Hall–Kier alpha value is 0.750. The minimum absolute atomic E-state index is 0.430. The van der Waals surface area contributed by atoms with Gasteiger partial charge in [0, 0.05) is 0 Å². The number of hydrogen-bond acceptors (Lipinski definition) is 3. The predicted octanol–water partition coefficient (Wildman–Crippen LogP) is 29.8. The standard InChI is InChI=1S/C33H54Cl2O.C31H50Cl2O.C29H46Cl2O/c1-3-5-6-7-25-10-14-27(15-11-25)29-18-22-32(23-19-29)30(36)31(33(32,34)35)20-16-28(17-21-31)26-12-8-24(4-2)9-13-26;1-3-5-23-8-12-25(13-9-23)27-16-20-30(21-17-27)28(34)29(31(30,32)33)18-14-26(15-19-29)24-10-6-22(4-2)7-11-24;1-3-21-6-10-23(11-7-21)25-14-18-28(19-15-25)26(32)27(29(28,30)31)16-12-24(13-17-27)22-8-4-20(2)5-9-22/h24-29H,3-23H2,1-2H3;22-27H,3-21H2,1-2H3;20-25H,3-19H2,1-2H3. The van der Waals surface area contributed by atoms with E-state index in [4.69, 9.17) is 69.6 Å². The van der Waals surface area contributed by atoms with E-state index in [2.05, 4.69) is 41.5 Å². The van der Waals surface area contributed by atoms with Crippen molar-refractivity contribution in [1.82, 2.24) is 0 Å². The number of alkyl halides is 6. The van der Waals surface area contributed by atoms with Crippen molar-refractivity contribution < 1.29 is 14.4 Å². The summed E-state index contributed by atoms with van der Waals surface area (Å²) < 4.78 is -2.48. The van der Waals surface area contributed by atoms with Crippen LogP contribution in [0, 0.1) is 139 Å². The van der Waals surface area contributed by atoms with E-state index in [1.807, 2.05) is 0 Å². The van der Waals surface area contributed by atoms with Gasteiger partial charge in [-0.15, -0.1) is 0 Å². The molecule has 9 heteroatoms. The monoisotopic (exact) mass is 1520 g/mol. The topological polar surface area (TPSA) is 51.2 Å². The predicted molar refractivity (Wildman–Crippen MR) is 433 cm³/mol. The second-order valence-electron chi connectivity index (χ2n) is 40.7.